The number of nitrogens with zero attached hydrogens (tertiary/aromatic N) is 1. The van der Waals surface area contributed by atoms with Gasteiger partial charge in [0.2, 0.25) is 11.8 Å². The molecule has 1 aliphatic heterocycles. The number of carbonyl (C=O) groups is 2. The summed E-state index contributed by atoms with van der Waals surface area (Å²) in [5.41, 5.74) is 8.03. The van der Waals surface area contributed by atoms with E-state index in [1.54, 1.807) is 0 Å². The predicted molar refractivity (Wildman–Crippen MR) is 120 cm³/mol. The maximum Gasteiger partial charge on any atom is 0.239 e. The molecule has 0 aliphatic carbocycles. The van der Waals surface area contributed by atoms with Crippen LogP contribution in [-0.4, -0.2) is 62.1 Å². The highest BCUT2D eigenvalue weighted by Crippen LogP contribution is 2.16. The maximum absolute atomic E-state index is 12.4. The third-order valence-corrected chi connectivity index (χ3v) is 4.80. The smallest absolute Gasteiger partial charge is 0.239 e. The first-order chi connectivity index (χ1) is 12.9. The van der Waals surface area contributed by atoms with Crippen LogP contribution in [0.2, 0.25) is 0 Å². The number of morpholine rings is 1. The minimum absolute atomic E-state index is 0. The third-order valence-electron chi connectivity index (χ3n) is 4.80. The molecule has 1 saturated heterocycles. The van der Waals surface area contributed by atoms with Crippen LogP contribution < -0.4 is 16.4 Å². The molecule has 1 aromatic rings. The minimum Gasteiger partial charge on any atom is -0.379 e. The Kier molecular flexibility index (Phi) is 13.1. The van der Waals surface area contributed by atoms with Gasteiger partial charge in [-0.15, -0.1) is 24.8 Å². The molecule has 1 heterocycles. The molecule has 0 saturated carbocycles. The number of rotatable bonds is 8. The van der Waals surface area contributed by atoms with Crippen molar-refractivity contribution in [2.75, 3.05) is 39.4 Å². The number of nitrogens with one attached hydrogen (secondary N) is 2. The molecule has 1 aromatic carbocycles. The molecule has 2 rings (SSSR count). The summed E-state index contributed by atoms with van der Waals surface area (Å²) in [6, 6.07) is 7.39. The fourth-order valence-electron chi connectivity index (χ4n) is 2.91. The summed E-state index contributed by atoms with van der Waals surface area (Å²) in [5, 5.41) is 5.67. The molecule has 0 radical (unpaired) electrons. The van der Waals surface area contributed by atoms with Gasteiger partial charge < -0.3 is 21.1 Å². The van der Waals surface area contributed by atoms with Crippen molar-refractivity contribution in [3.8, 4) is 0 Å². The van der Waals surface area contributed by atoms with Gasteiger partial charge in [-0.3, -0.25) is 14.5 Å². The maximum atomic E-state index is 12.4. The van der Waals surface area contributed by atoms with E-state index in [1.165, 1.54) is 5.56 Å². The second-order valence-corrected chi connectivity index (χ2v) is 7.43. The lowest BCUT2D eigenvalue weighted by Gasteiger charge is -2.31. The van der Waals surface area contributed by atoms with Gasteiger partial charge in [0, 0.05) is 19.6 Å². The largest absolute Gasteiger partial charge is 0.379 e. The zero-order valence-electron chi connectivity index (χ0n) is 17.3. The van der Waals surface area contributed by atoms with Gasteiger partial charge in [0.1, 0.15) is 0 Å². The van der Waals surface area contributed by atoms with Gasteiger partial charge in [-0.25, -0.2) is 0 Å². The molecular weight excluding hydrogens is 415 g/mol. The van der Waals surface area contributed by atoms with Crippen LogP contribution >= 0.6 is 24.8 Å². The van der Waals surface area contributed by atoms with Crippen molar-refractivity contribution in [1.82, 2.24) is 15.5 Å². The molecule has 1 fully saturated rings. The average molecular weight is 449 g/mol. The second kappa shape index (κ2) is 13.8. The molecule has 1 aliphatic rings. The van der Waals surface area contributed by atoms with E-state index in [1.807, 2.05) is 45.0 Å². The Morgan fingerprint density at radius 3 is 2.28 bits per heavy atom. The van der Waals surface area contributed by atoms with Crippen LogP contribution in [0.5, 0.6) is 0 Å². The van der Waals surface area contributed by atoms with Crippen molar-refractivity contribution in [2.24, 2.45) is 11.7 Å². The molecule has 7 nitrogen and oxygen atoms in total. The summed E-state index contributed by atoms with van der Waals surface area (Å²) in [5.74, 6) is -0.506. The number of hydrogen-bond donors (Lipinski definition) is 3. The van der Waals surface area contributed by atoms with Crippen molar-refractivity contribution in [1.29, 1.82) is 0 Å². The molecule has 2 amide bonds. The summed E-state index contributed by atoms with van der Waals surface area (Å²) >= 11 is 0. The van der Waals surface area contributed by atoms with Crippen molar-refractivity contribution in [2.45, 2.75) is 32.9 Å². The number of ether oxygens (including phenoxy) is 1. The van der Waals surface area contributed by atoms with Crippen molar-refractivity contribution >= 4 is 36.6 Å². The Hall–Kier alpha value is -1.38. The minimum atomic E-state index is -0.612. The number of benzene rings is 1. The van der Waals surface area contributed by atoms with Crippen LogP contribution in [0.3, 0.4) is 0 Å². The normalized spacial score (nSPS) is 16.2. The molecule has 0 bridgehead atoms. The van der Waals surface area contributed by atoms with E-state index in [4.69, 9.17) is 10.5 Å². The Morgan fingerprint density at radius 1 is 1.14 bits per heavy atom. The van der Waals surface area contributed by atoms with E-state index < -0.39 is 6.04 Å². The second-order valence-electron chi connectivity index (χ2n) is 7.43. The van der Waals surface area contributed by atoms with Crippen LogP contribution in [-0.2, 0) is 14.3 Å². The predicted octanol–water partition coefficient (Wildman–Crippen LogP) is 1.43. The van der Waals surface area contributed by atoms with Crippen LogP contribution in [0.25, 0.3) is 0 Å². The lowest BCUT2D eigenvalue weighted by atomic mass is 10.0. The van der Waals surface area contributed by atoms with E-state index in [2.05, 4.69) is 15.5 Å². The highest BCUT2D eigenvalue weighted by Gasteiger charge is 2.22. The zero-order chi connectivity index (χ0) is 19.8. The highest BCUT2D eigenvalue weighted by atomic mass is 35.5. The third kappa shape index (κ3) is 9.31. The summed E-state index contributed by atoms with van der Waals surface area (Å²) in [6.07, 6.45) is 0. The molecular formula is C20H34Cl2N4O3. The molecule has 0 spiro atoms. The van der Waals surface area contributed by atoms with E-state index >= 15 is 0 Å². The van der Waals surface area contributed by atoms with E-state index in [-0.39, 0.29) is 55.1 Å². The number of halogens is 2. The molecule has 4 N–H and O–H groups in total. The number of amides is 2. The lowest BCUT2D eigenvalue weighted by molar-refractivity contribution is -0.127. The fourth-order valence-corrected chi connectivity index (χ4v) is 2.91. The highest BCUT2D eigenvalue weighted by molar-refractivity contribution is 5.87. The fraction of sp³-hybridized carbons (Fsp3) is 0.600. The number of carbonyl (C=O) groups excluding carboxylic acids is 2. The van der Waals surface area contributed by atoms with Crippen molar-refractivity contribution in [3.63, 3.8) is 0 Å². The van der Waals surface area contributed by atoms with Gasteiger partial charge in [-0.05, 0) is 18.4 Å². The number of hydrogen-bond acceptors (Lipinski definition) is 5. The van der Waals surface area contributed by atoms with Crippen molar-refractivity contribution < 1.29 is 14.3 Å². The number of aryl methyl sites for hydroxylation is 1. The molecule has 9 heteroatoms. The lowest BCUT2D eigenvalue weighted by Crippen LogP contribution is -2.48. The quantitative estimate of drug-likeness (QED) is 0.558. The molecule has 166 valence electrons. The van der Waals surface area contributed by atoms with Gasteiger partial charge >= 0.3 is 0 Å². The van der Waals surface area contributed by atoms with Crippen LogP contribution in [0.4, 0.5) is 0 Å². The first kappa shape index (κ1) is 27.6. The Morgan fingerprint density at radius 2 is 1.72 bits per heavy atom. The van der Waals surface area contributed by atoms with Gasteiger partial charge in [0.15, 0.2) is 0 Å². The first-order valence-electron chi connectivity index (χ1n) is 9.56. The van der Waals surface area contributed by atoms with E-state index in [0.717, 1.165) is 18.7 Å². The number of nitrogens with two attached hydrogens (primary N) is 1. The SMILES string of the molecule is Cc1ccc(C(CN2CCOCC2)NC(=O)CNC(=O)[C@@H](N)C(C)C)cc1.Cl.Cl. The van der Waals surface area contributed by atoms with Crippen LogP contribution in [0.15, 0.2) is 24.3 Å². The van der Waals surface area contributed by atoms with Crippen molar-refractivity contribution in [3.05, 3.63) is 35.4 Å². The van der Waals surface area contributed by atoms with E-state index in [9.17, 15) is 9.59 Å². The molecule has 2 atom stereocenters. The summed E-state index contributed by atoms with van der Waals surface area (Å²) < 4.78 is 5.40. The van der Waals surface area contributed by atoms with Gasteiger partial charge in [0.05, 0.1) is 31.8 Å². The summed E-state index contributed by atoms with van der Waals surface area (Å²) in [7, 11) is 0. The Balaban J connectivity index is 0.00000392. The monoisotopic (exact) mass is 448 g/mol. The average Bonchev–Trinajstić information content (AvgIpc) is 2.66. The molecule has 1 unspecified atom stereocenters. The Labute approximate surface area is 185 Å². The van der Waals surface area contributed by atoms with Crippen LogP contribution in [0.1, 0.15) is 31.0 Å². The topological polar surface area (TPSA) is 96.7 Å². The van der Waals surface area contributed by atoms with Gasteiger partial charge in [-0.1, -0.05) is 43.7 Å². The van der Waals surface area contributed by atoms with Crippen LogP contribution in [0, 0.1) is 12.8 Å². The molecule has 29 heavy (non-hydrogen) atoms. The Bertz CT molecular complexity index is 623. The van der Waals surface area contributed by atoms with Gasteiger partial charge in [0.25, 0.3) is 0 Å². The zero-order valence-corrected chi connectivity index (χ0v) is 19.0. The standard InChI is InChI=1S/C20H32N4O3.2ClH/c1-14(2)19(21)20(26)22-12-18(25)23-17(13-24-8-10-27-11-9-24)16-6-4-15(3)5-7-16;;/h4-7,14,17,19H,8-13,21H2,1-3H3,(H,22,26)(H,23,25);2*1H/t17?,19-;;/m0../s1. The summed E-state index contributed by atoms with van der Waals surface area (Å²) in [4.78, 5) is 26.7. The molecule has 0 aromatic heterocycles. The summed E-state index contributed by atoms with van der Waals surface area (Å²) in [6.45, 7) is 9.52. The first-order valence-corrected chi connectivity index (χ1v) is 9.56. The van der Waals surface area contributed by atoms with Gasteiger partial charge in [-0.2, -0.15) is 0 Å². The van der Waals surface area contributed by atoms with E-state index in [0.29, 0.717) is 19.8 Å².